The number of aromatic hydroxyl groups is 1. The van der Waals surface area contributed by atoms with Gasteiger partial charge in [0, 0.05) is 5.56 Å². The van der Waals surface area contributed by atoms with Crippen molar-refractivity contribution in [3.63, 3.8) is 0 Å². The quantitative estimate of drug-likeness (QED) is 0.591. The summed E-state index contributed by atoms with van der Waals surface area (Å²) >= 11 is 0. The van der Waals surface area contributed by atoms with Crippen molar-refractivity contribution in [2.75, 3.05) is 5.43 Å². The van der Waals surface area contributed by atoms with Crippen LogP contribution in [0.5, 0.6) is 6.01 Å². The summed E-state index contributed by atoms with van der Waals surface area (Å²) in [5, 5.41) is 9.36. The van der Waals surface area contributed by atoms with Crippen molar-refractivity contribution >= 4 is 5.95 Å². The van der Waals surface area contributed by atoms with Crippen LogP contribution >= 0.6 is 0 Å². The minimum absolute atomic E-state index is 0.0714. The molecule has 0 unspecified atom stereocenters. The van der Waals surface area contributed by atoms with Gasteiger partial charge in [-0.3, -0.25) is 5.43 Å². The minimum Gasteiger partial charge on any atom is -0.479 e. The molecule has 9 heteroatoms. The van der Waals surface area contributed by atoms with Crippen LogP contribution in [0.3, 0.4) is 0 Å². The lowest BCUT2D eigenvalue weighted by Crippen LogP contribution is -2.37. The summed E-state index contributed by atoms with van der Waals surface area (Å²) in [5.74, 6) is -0.366. The first-order chi connectivity index (χ1) is 9.35. The zero-order valence-corrected chi connectivity index (χ0v) is 10.2. The number of aryl methyl sites for hydroxylation is 1. The molecule has 106 valence electrons. The molecule has 1 heterocycles. The fourth-order valence-electron chi connectivity index (χ4n) is 1.49. The number of alkyl halides is 3. The van der Waals surface area contributed by atoms with Gasteiger partial charge >= 0.3 is 12.3 Å². The van der Waals surface area contributed by atoms with Gasteiger partial charge in [-0.05, 0) is 12.5 Å². The van der Waals surface area contributed by atoms with Crippen LogP contribution in [0.25, 0.3) is 11.4 Å². The lowest BCUT2D eigenvalue weighted by molar-refractivity contribution is -0.151. The largest absolute Gasteiger partial charge is 0.479 e. The molecule has 0 spiro atoms. The van der Waals surface area contributed by atoms with Crippen molar-refractivity contribution in [3.8, 4) is 17.4 Å². The molecule has 0 saturated heterocycles. The molecule has 0 aliphatic carbocycles. The van der Waals surface area contributed by atoms with Crippen LogP contribution in [0.4, 0.5) is 19.1 Å². The Morgan fingerprint density at radius 3 is 2.45 bits per heavy atom. The Morgan fingerprint density at radius 1 is 1.10 bits per heavy atom. The molecule has 0 bridgehead atoms. The van der Waals surface area contributed by atoms with E-state index in [1.165, 1.54) is 0 Å². The third-order valence-corrected chi connectivity index (χ3v) is 2.33. The van der Waals surface area contributed by atoms with Crippen molar-refractivity contribution in [1.82, 2.24) is 20.4 Å². The number of benzene rings is 1. The number of hydrogen-bond donors (Lipinski definition) is 3. The van der Waals surface area contributed by atoms with Crippen molar-refractivity contribution < 1.29 is 18.3 Å². The molecule has 0 aliphatic heterocycles. The number of hydrazine groups is 1. The summed E-state index contributed by atoms with van der Waals surface area (Å²) in [7, 11) is 0. The number of nitrogens with one attached hydrogen (secondary N) is 2. The predicted molar refractivity (Wildman–Crippen MR) is 64.5 cm³/mol. The van der Waals surface area contributed by atoms with E-state index < -0.39 is 18.3 Å². The highest BCUT2D eigenvalue weighted by Crippen LogP contribution is 2.21. The maximum atomic E-state index is 12.0. The topological polar surface area (TPSA) is 83.0 Å². The van der Waals surface area contributed by atoms with Crippen LogP contribution in [0.2, 0.25) is 0 Å². The van der Waals surface area contributed by atoms with E-state index in [0.717, 1.165) is 11.0 Å². The smallest absolute Gasteiger partial charge is 0.474 e. The Balaban J connectivity index is 2.32. The number of nitrogens with zero attached hydrogens (tertiary/aromatic N) is 3. The van der Waals surface area contributed by atoms with Gasteiger partial charge in [-0.25, -0.2) is 0 Å². The van der Waals surface area contributed by atoms with Gasteiger partial charge in [0.25, 0.3) is 0 Å². The second-order valence-electron chi connectivity index (χ2n) is 3.85. The van der Waals surface area contributed by atoms with Crippen LogP contribution < -0.4 is 10.9 Å². The van der Waals surface area contributed by atoms with Gasteiger partial charge in [-0.1, -0.05) is 24.3 Å². The Hall–Kier alpha value is -2.42. The zero-order chi connectivity index (χ0) is 14.8. The maximum Gasteiger partial charge on any atom is 0.474 e. The van der Waals surface area contributed by atoms with Gasteiger partial charge in [0.15, 0.2) is 5.82 Å². The summed E-state index contributed by atoms with van der Waals surface area (Å²) in [5.41, 5.74) is 4.20. The van der Waals surface area contributed by atoms with E-state index in [0.29, 0.717) is 5.56 Å². The first-order valence-corrected chi connectivity index (χ1v) is 5.46. The van der Waals surface area contributed by atoms with Crippen LogP contribution in [-0.4, -0.2) is 26.4 Å². The standard InChI is InChI=1S/C11H10F3N5O/c1-6-4-2-3-5-7(6)8-15-9(17-10(20)16-8)18-19-11(12,13)14/h2-5,19H,1H3,(H2,15,16,17,18,20). The van der Waals surface area contributed by atoms with Gasteiger partial charge < -0.3 is 5.11 Å². The average Bonchev–Trinajstić information content (AvgIpc) is 2.35. The van der Waals surface area contributed by atoms with E-state index in [-0.39, 0.29) is 5.82 Å². The Bertz CT molecular complexity index is 617. The summed E-state index contributed by atoms with van der Waals surface area (Å²) in [6.07, 6.45) is -4.65. The van der Waals surface area contributed by atoms with E-state index in [2.05, 4.69) is 15.0 Å². The first kappa shape index (κ1) is 14.0. The molecule has 0 atom stereocenters. The van der Waals surface area contributed by atoms with Gasteiger partial charge in [-0.15, -0.1) is 5.43 Å². The summed E-state index contributed by atoms with van der Waals surface area (Å²) in [4.78, 5) is 10.9. The monoisotopic (exact) mass is 285 g/mol. The van der Waals surface area contributed by atoms with Crippen LogP contribution in [0.1, 0.15) is 5.56 Å². The minimum atomic E-state index is -4.65. The third-order valence-electron chi connectivity index (χ3n) is 2.33. The predicted octanol–water partition coefficient (Wildman–Crippen LogP) is 1.99. The highest BCUT2D eigenvalue weighted by Gasteiger charge is 2.27. The van der Waals surface area contributed by atoms with Gasteiger partial charge in [-0.2, -0.15) is 28.1 Å². The summed E-state index contributed by atoms with van der Waals surface area (Å²) < 4.78 is 36.1. The van der Waals surface area contributed by atoms with E-state index in [9.17, 15) is 18.3 Å². The summed E-state index contributed by atoms with van der Waals surface area (Å²) in [6.45, 7) is 1.79. The van der Waals surface area contributed by atoms with Crippen LogP contribution in [0, 0.1) is 6.92 Å². The van der Waals surface area contributed by atoms with Crippen LogP contribution in [0.15, 0.2) is 24.3 Å². The van der Waals surface area contributed by atoms with Gasteiger partial charge in [0.1, 0.15) is 0 Å². The molecular formula is C11H10F3N5O. The van der Waals surface area contributed by atoms with Crippen molar-refractivity contribution in [2.45, 2.75) is 13.2 Å². The normalized spacial score (nSPS) is 11.4. The molecule has 2 aromatic rings. The number of rotatable bonds is 3. The first-order valence-electron chi connectivity index (χ1n) is 5.46. The van der Waals surface area contributed by atoms with Crippen molar-refractivity contribution in [3.05, 3.63) is 29.8 Å². The number of anilines is 1. The average molecular weight is 285 g/mol. The number of hydrogen-bond acceptors (Lipinski definition) is 6. The lowest BCUT2D eigenvalue weighted by Gasteiger charge is -2.11. The highest BCUT2D eigenvalue weighted by molar-refractivity contribution is 5.60. The van der Waals surface area contributed by atoms with E-state index in [1.807, 2.05) is 0 Å². The molecule has 6 nitrogen and oxygen atoms in total. The number of aromatic nitrogens is 3. The fraction of sp³-hybridized carbons (Fsp3) is 0.182. The van der Waals surface area contributed by atoms with Crippen LogP contribution in [-0.2, 0) is 0 Å². The second-order valence-corrected chi connectivity index (χ2v) is 3.85. The molecule has 2 rings (SSSR count). The molecule has 1 aromatic carbocycles. The maximum absolute atomic E-state index is 12.0. The fourth-order valence-corrected chi connectivity index (χ4v) is 1.49. The zero-order valence-electron chi connectivity index (χ0n) is 10.2. The Morgan fingerprint density at radius 2 is 1.80 bits per heavy atom. The Kier molecular flexibility index (Phi) is 3.70. The van der Waals surface area contributed by atoms with Gasteiger partial charge in [0.2, 0.25) is 5.95 Å². The molecule has 1 aromatic heterocycles. The van der Waals surface area contributed by atoms with Gasteiger partial charge in [0.05, 0.1) is 0 Å². The number of halogens is 3. The molecule has 0 amide bonds. The molecule has 0 fully saturated rings. The van der Waals surface area contributed by atoms with Crippen molar-refractivity contribution in [2.24, 2.45) is 0 Å². The molecular weight excluding hydrogens is 275 g/mol. The highest BCUT2D eigenvalue weighted by atomic mass is 19.4. The Labute approximate surface area is 111 Å². The second kappa shape index (κ2) is 5.29. The van der Waals surface area contributed by atoms with E-state index >= 15 is 0 Å². The molecule has 0 aliphatic rings. The molecule has 0 radical (unpaired) electrons. The van der Waals surface area contributed by atoms with E-state index in [4.69, 9.17) is 0 Å². The lowest BCUT2D eigenvalue weighted by atomic mass is 10.1. The molecule has 0 saturated carbocycles. The van der Waals surface area contributed by atoms with Crippen molar-refractivity contribution in [1.29, 1.82) is 0 Å². The van der Waals surface area contributed by atoms with E-state index in [1.54, 1.807) is 36.6 Å². The third kappa shape index (κ3) is 3.54. The molecule has 20 heavy (non-hydrogen) atoms. The SMILES string of the molecule is Cc1ccccc1-c1nc(O)nc(NNC(F)(F)F)n1. The molecule has 3 N–H and O–H groups in total. The summed E-state index contributed by atoms with van der Waals surface area (Å²) in [6, 6.07) is 6.32.